The van der Waals surface area contributed by atoms with Crippen LogP contribution in [-0.2, 0) is 16.6 Å². The summed E-state index contributed by atoms with van der Waals surface area (Å²) in [4.78, 5) is 0.227. The van der Waals surface area contributed by atoms with Gasteiger partial charge in [0.2, 0.25) is 10.0 Å². The number of benzene rings is 1. The Balaban J connectivity index is 3.21. The molecule has 0 bridgehead atoms. The van der Waals surface area contributed by atoms with Gasteiger partial charge in [-0.15, -0.1) is 6.58 Å². The summed E-state index contributed by atoms with van der Waals surface area (Å²) < 4.78 is 31.8. The highest BCUT2D eigenvalue weighted by molar-refractivity contribution is 7.89. The molecule has 0 fully saturated rings. The van der Waals surface area contributed by atoms with Gasteiger partial charge in [-0.05, 0) is 25.1 Å². The zero-order valence-corrected chi connectivity index (χ0v) is 12.8. The number of likely N-dealkylation sites (N-methyl/N-ethyl adjacent to an activating group) is 1. The van der Waals surface area contributed by atoms with E-state index in [9.17, 15) is 8.42 Å². The van der Waals surface area contributed by atoms with Gasteiger partial charge in [-0.1, -0.05) is 13.0 Å². The predicted molar refractivity (Wildman–Crippen MR) is 80.1 cm³/mol. The van der Waals surface area contributed by atoms with Gasteiger partial charge in [0.15, 0.2) is 0 Å². The molecule has 0 aliphatic heterocycles. The summed E-state index contributed by atoms with van der Waals surface area (Å²) in [5.41, 5.74) is 6.34. The maximum absolute atomic E-state index is 12.5. The summed E-state index contributed by atoms with van der Waals surface area (Å²) in [6.45, 7) is 8.65. The lowest BCUT2D eigenvalue weighted by atomic mass is 10.2. The molecule has 2 N–H and O–H groups in total. The van der Waals surface area contributed by atoms with Gasteiger partial charge < -0.3 is 10.5 Å². The maximum atomic E-state index is 12.5. The first-order valence-corrected chi connectivity index (χ1v) is 8.02. The van der Waals surface area contributed by atoms with Crippen molar-refractivity contribution in [1.82, 2.24) is 4.31 Å². The second-order valence-electron chi connectivity index (χ2n) is 4.15. The predicted octanol–water partition coefficient (Wildman–Crippen LogP) is 1.74. The second kappa shape index (κ2) is 7.42. The maximum Gasteiger partial charge on any atom is 0.243 e. The summed E-state index contributed by atoms with van der Waals surface area (Å²) in [6.07, 6.45) is 1.57. The normalized spacial score (nSPS) is 11.6. The number of ether oxygens (including phenoxy) is 1. The molecule has 0 heterocycles. The summed E-state index contributed by atoms with van der Waals surface area (Å²) in [7, 11) is -3.53. The number of hydrogen-bond acceptors (Lipinski definition) is 4. The SMILES string of the molecule is C=CCN(CC)S(=O)(=O)c1ccc(OCC)c(CN)c1. The summed E-state index contributed by atoms with van der Waals surface area (Å²) >= 11 is 0. The smallest absolute Gasteiger partial charge is 0.243 e. The summed E-state index contributed by atoms with van der Waals surface area (Å²) in [5.74, 6) is 0.626. The van der Waals surface area contributed by atoms with Gasteiger partial charge >= 0.3 is 0 Å². The largest absolute Gasteiger partial charge is 0.494 e. The number of sulfonamides is 1. The molecule has 0 radical (unpaired) electrons. The minimum Gasteiger partial charge on any atom is -0.494 e. The lowest BCUT2D eigenvalue weighted by molar-refractivity contribution is 0.336. The molecule has 0 saturated heterocycles. The zero-order chi connectivity index (χ0) is 15.2. The van der Waals surface area contributed by atoms with Crippen molar-refractivity contribution in [3.05, 3.63) is 36.4 Å². The van der Waals surface area contributed by atoms with Crippen LogP contribution in [0.15, 0.2) is 35.7 Å². The van der Waals surface area contributed by atoms with E-state index in [1.54, 1.807) is 31.2 Å². The molecular formula is C14H22N2O3S. The van der Waals surface area contributed by atoms with Gasteiger partial charge in [0, 0.05) is 25.2 Å². The van der Waals surface area contributed by atoms with Gasteiger partial charge in [-0.3, -0.25) is 0 Å². The van der Waals surface area contributed by atoms with Gasteiger partial charge in [0.25, 0.3) is 0 Å². The minimum absolute atomic E-state index is 0.227. The van der Waals surface area contributed by atoms with Crippen LogP contribution >= 0.6 is 0 Å². The molecule has 5 nitrogen and oxygen atoms in total. The third-order valence-electron chi connectivity index (χ3n) is 2.87. The second-order valence-corrected chi connectivity index (χ2v) is 6.09. The van der Waals surface area contributed by atoms with Crippen molar-refractivity contribution in [1.29, 1.82) is 0 Å². The Morgan fingerprint density at radius 2 is 2.10 bits per heavy atom. The van der Waals surface area contributed by atoms with Gasteiger partial charge in [-0.2, -0.15) is 4.31 Å². The van der Waals surface area contributed by atoms with Gasteiger partial charge in [-0.25, -0.2) is 8.42 Å². The van der Waals surface area contributed by atoms with E-state index in [2.05, 4.69) is 6.58 Å². The van der Waals surface area contributed by atoms with E-state index < -0.39 is 10.0 Å². The molecule has 1 aromatic carbocycles. The van der Waals surface area contributed by atoms with Crippen molar-refractivity contribution < 1.29 is 13.2 Å². The van der Waals surface area contributed by atoms with Gasteiger partial charge in [0.1, 0.15) is 5.75 Å². The third-order valence-corrected chi connectivity index (χ3v) is 4.81. The quantitative estimate of drug-likeness (QED) is 0.742. The number of nitrogens with zero attached hydrogens (tertiary/aromatic N) is 1. The van der Waals surface area contributed by atoms with E-state index in [0.717, 1.165) is 0 Å². The van der Waals surface area contributed by atoms with Crippen LogP contribution in [0.5, 0.6) is 5.75 Å². The van der Waals surface area contributed by atoms with Crippen LogP contribution in [0.25, 0.3) is 0 Å². The lowest BCUT2D eigenvalue weighted by Crippen LogP contribution is -2.31. The van der Waals surface area contributed by atoms with Crippen LogP contribution in [0.2, 0.25) is 0 Å². The molecule has 0 aliphatic carbocycles. The fraction of sp³-hybridized carbons (Fsp3) is 0.429. The average Bonchev–Trinajstić information content (AvgIpc) is 2.45. The fourth-order valence-corrected chi connectivity index (χ4v) is 3.33. The molecule has 1 rings (SSSR count). The number of hydrogen-bond donors (Lipinski definition) is 1. The standard InChI is InChI=1S/C14H22N2O3S/c1-4-9-16(5-2)20(17,18)13-7-8-14(19-6-3)12(10-13)11-15/h4,7-8,10H,1,5-6,9,11,15H2,2-3H3. The summed E-state index contributed by atoms with van der Waals surface area (Å²) in [5, 5.41) is 0. The molecule has 6 heteroatoms. The highest BCUT2D eigenvalue weighted by Crippen LogP contribution is 2.24. The van der Waals surface area contributed by atoms with Crippen LogP contribution in [-0.4, -0.2) is 32.4 Å². The molecule has 112 valence electrons. The Hall–Kier alpha value is -1.37. The van der Waals surface area contributed by atoms with E-state index in [1.165, 1.54) is 4.31 Å². The van der Waals surface area contributed by atoms with Crippen molar-refractivity contribution in [3.8, 4) is 5.75 Å². The monoisotopic (exact) mass is 298 g/mol. The zero-order valence-electron chi connectivity index (χ0n) is 12.0. The van der Waals surface area contributed by atoms with E-state index in [4.69, 9.17) is 10.5 Å². The first-order valence-electron chi connectivity index (χ1n) is 6.58. The Kier molecular flexibility index (Phi) is 6.19. The molecule has 0 aromatic heterocycles. The van der Waals surface area contributed by atoms with Crippen LogP contribution in [0.3, 0.4) is 0 Å². The van der Waals surface area contributed by atoms with Crippen LogP contribution in [0.4, 0.5) is 0 Å². The molecule has 0 aliphatic rings. The van der Waals surface area contributed by atoms with Crippen molar-refractivity contribution in [2.24, 2.45) is 5.73 Å². The fourth-order valence-electron chi connectivity index (χ4n) is 1.86. The molecule has 1 aromatic rings. The lowest BCUT2D eigenvalue weighted by Gasteiger charge is -2.19. The van der Waals surface area contributed by atoms with Crippen molar-refractivity contribution in [3.63, 3.8) is 0 Å². The first-order chi connectivity index (χ1) is 9.51. The molecule has 0 saturated carbocycles. The van der Waals surface area contributed by atoms with Crippen LogP contribution in [0.1, 0.15) is 19.4 Å². The molecule has 0 spiro atoms. The Morgan fingerprint density at radius 1 is 1.40 bits per heavy atom. The van der Waals surface area contributed by atoms with Crippen molar-refractivity contribution in [2.45, 2.75) is 25.3 Å². The van der Waals surface area contributed by atoms with E-state index in [0.29, 0.717) is 24.5 Å². The van der Waals surface area contributed by atoms with Crippen LogP contribution < -0.4 is 10.5 Å². The van der Waals surface area contributed by atoms with E-state index in [-0.39, 0.29) is 18.0 Å². The van der Waals surface area contributed by atoms with Gasteiger partial charge in [0.05, 0.1) is 11.5 Å². The molecule has 0 amide bonds. The first kappa shape index (κ1) is 16.7. The number of nitrogens with two attached hydrogens (primary N) is 1. The number of rotatable bonds is 8. The van der Waals surface area contributed by atoms with E-state index >= 15 is 0 Å². The van der Waals surface area contributed by atoms with Crippen molar-refractivity contribution in [2.75, 3.05) is 19.7 Å². The minimum atomic E-state index is -3.53. The Labute approximate surface area is 121 Å². The van der Waals surface area contributed by atoms with E-state index in [1.807, 2.05) is 6.92 Å². The summed E-state index contributed by atoms with van der Waals surface area (Å²) in [6, 6.07) is 4.78. The van der Waals surface area contributed by atoms with Crippen LogP contribution in [0, 0.1) is 0 Å². The highest BCUT2D eigenvalue weighted by Gasteiger charge is 2.22. The topological polar surface area (TPSA) is 72.6 Å². The molecule has 20 heavy (non-hydrogen) atoms. The third kappa shape index (κ3) is 3.59. The highest BCUT2D eigenvalue weighted by atomic mass is 32.2. The molecule has 0 atom stereocenters. The molecular weight excluding hydrogens is 276 g/mol. The molecule has 0 unspecified atom stereocenters. The Bertz CT molecular complexity index is 556. The average molecular weight is 298 g/mol. The van der Waals surface area contributed by atoms with Crippen molar-refractivity contribution >= 4 is 10.0 Å². The Morgan fingerprint density at radius 3 is 2.60 bits per heavy atom.